The summed E-state index contributed by atoms with van der Waals surface area (Å²) in [5.74, 6) is -1.99. The fraction of sp³-hybridized carbons (Fsp3) is 0.429. The van der Waals surface area contributed by atoms with E-state index in [0.29, 0.717) is 0 Å². The highest BCUT2D eigenvalue weighted by Crippen LogP contribution is 2.26. The molecule has 1 amide bonds. The lowest BCUT2D eigenvalue weighted by molar-refractivity contribution is -0.161. The fourth-order valence-corrected chi connectivity index (χ4v) is 2.33. The molecule has 8 heteroatoms. The van der Waals surface area contributed by atoms with Crippen molar-refractivity contribution in [1.29, 1.82) is 0 Å². The molecule has 1 aromatic rings. The minimum atomic E-state index is -1.14. The van der Waals surface area contributed by atoms with Crippen LogP contribution in [0.5, 0.6) is 5.75 Å². The molecule has 1 aromatic carbocycles. The Balaban J connectivity index is 2.09. The van der Waals surface area contributed by atoms with Crippen LogP contribution in [0.3, 0.4) is 0 Å². The van der Waals surface area contributed by atoms with Gasteiger partial charge in [-0.05, 0) is 25.1 Å². The number of halogens is 2. The summed E-state index contributed by atoms with van der Waals surface area (Å²) >= 11 is 5.84. The Morgan fingerprint density at radius 3 is 2.91 bits per heavy atom. The molecule has 120 valence electrons. The Bertz CT molecular complexity index is 582. The van der Waals surface area contributed by atoms with E-state index in [-0.39, 0.29) is 30.5 Å². The SMILES string of the molecule is C[C@@H](Oc1ccc(F)cc1Cl)C(=O)N1CCOC[C@@H]1C(=O)O. The van der Waals surface area contributed by atoms with Crippen LogP contribution in [0, 0.1) is 5.82 Å². The van der Waals surface area contributed by atoms with Crippen molar-refractivity contribution in [2.75, 3.05) is 19.8 Å². The normalized spacial score (nSPS) is 19.6. The lowest BCUT2D eigenvalue weighted by atomic mass is 10.2. The number of carboxylic acid groups (broad SMARTS) is 1. The highest BCUT2D eigenvalue weighted by Gasteiger charge is 2.35. The topological polar surface area (TPSA) is 76.1 Å². The van der Waals surface area contributed by atoms with Crippen molar-refractivity contribution in [2.45, 2.75) is 19.1 Å². The third kappa shape index (κ3) is 3.66. The maximum absolute atomic E-state index is 13.0. The summed E-state index contributed by atoms with van der Waals surface area (Å²) in [5, 5.41) is 9.16. The molecule has 0 bridgehead atoms. The van der Waals surface area contributed by atoms with E-state index in [0.717, 1.165) is 12.1 Å². The predicted octanol–water partition coefficient (Wildman–Crippen LogP) is 1.56. The minimum Gasteiger partial charge on any atom is -0.480 e. The van der Waals surface area contributed by atoms with Gasteiger partial charge in [-0.3, -0.25) is 4.79 Å². The third-order valence-electron chi connectivity index (χ3n) is 3.24. The monoisotopic (exact) mass is 331 g/mol. The first kappa shape index (κ1) is 16.5. The zero-order chi connectivity index (χ0) is 16.3. The molecule has 1 fully saturated rings. The molecule has 1 heterocycles. The van der Waals surface area contributed by atoms with Crippen LogP contribution in [-0.4, -0.2) is 53.8 Å². The number of rotatable bonds is 4. The summed E-state index contributed by atoms with van der Waals surface area (Å²) in [4.78, 5) is 24.7. The molecular weight excluding hydrogens is 317 g/mol. The van der Waals surface area contributed by atoms with Crippen LogP contribution in [0.15, 0.2) is 18.2 Å². The average Bonchev–Trinajstić information content (AvgIpc) is 2.49. The van der Waals surface area contributed by atoms with Crippen LogP contribution in [0.25, 0.3) is 0 Å². The molecule has 0 spiro atoms. The maximum Gasteiger partial charge on any atom is 0.328 e. The summed E-state index contributed by atoms with van der Waals surface area (Å²) in [6.07, 6.45) is -0.956. The Morgan fingerprint density at radius 1 is 1.55 bits per heavy atom. The first-order valence-corrected chi connectivity index (χ1v) is 7.00. The second-order valence-corrected chi connectivity index (χ2v) is 5.20. The van der Waals surface area contributed by atoms with E-state index in [2.05, 4.69) is 0 Å². The van der Waals surface area contributed by atoms with E-state index < -0.39 is 29.8 Å². The first-order valence-electron chi connectivity index (χ1n) is 6.63. The minimum absolute atomic E-state index is 0.0383. The van der Waals surface area contributed by atoms with Gasteiger partial charge in [0.15, 0.2) is 12.1 Å². The molecule has 22 heavy (non-hydrogen) atoms. The van der Waals surface area contributed by atoms with Crippen LogP contribution >= 0.6 is 11.6 Å². The second kappa shape index (κ2) is 6.93. The first-order chi connectivity index (χ1) is 10.4. The van der Waals surface area contributed by atoms with Gasteiger partial charge in [-0.15, -0.1) is 0 Å². The number of benzene rings is 1. The number of carboxylic acids is 1. The average molecular weight is 332 g/mol. The second-order valence-electron chi connectivity index (χ2n) is 4.80. The van der Waals surface area contributed by atoms with Crippen LogP contribution in [-0.2, 0) is 14.3 Å². The highest BCUT2D eigenvalue weighted by atomic mass is 35.5. The van der Waals surface area contributed by atoms with Gasteiger partial charge in [0, 0.05) is 6.54 Å². The van der Waals surface area contributed by atoms with Gasteiger partial charge in [0.05, 0.1) is 18.2 Å². The number of hydrogen-bond donors (Lipinski definition) is 1. The molecular formula is C14H15ClFNO5. The van der Waals surface area contributed by atoms with Crippen molar-refractivity contribution >= 4 is 23.5 Å². The highest BCUT2D eigenvalue weighted by molar-refractivity contribution is 6.32. The Hall–Kier alpha value is -1.86. The molecule has 1 aliphatic heterocycles. The van der Waals surface area contributed by atoms with E-state index in [1.165, 1.54) is 17.9 Å². The van der Waals surface area contributed by atoms with Gasteiger partial charge in [0.25, 0.3) is 5.91 Å². The molecule has 0 radical (unpaired) electrons. The standard InChI is InChI=1S/C14H15ClFNO5/c1-8(22-12-3-2-9(16)6-10(12)15)13(18)17-4-5-21-7-11(17)14(19)20/h2-3,6,8,11H,4-5,7H2,1H3,(H,19,20)/t8-,11-/m1/s1. The summed E-state index contributed by atoms with van der Waals surface area (Å²) < 4.78 is 23.5. The molecule has 1 aliphatic rings. The molecule has 2 atom stereocenters. The quantitative estimate of drug-likeness (QED) is 0.906. The van der Waals surface area contributed by atoms with E-state index in [1.54, 1.807) is 0 Å². The molecule has 6 nitrogen and oxygen atoms in total. The zero-order valence-electron chi connectivity index (χ0n) is 11.8. The number of ether oxygens (including phenoxy) is 2. The van der Waals surface area contributed by atoms with Crippen LogP contribution in [0.1, 0.15) is 6.92 Å². The van der Waals surface area contributed by atoms with E-state index >= 15 is 0 Å². The van der Waals surface area contributed by atoms with Crippen molar-refractivity contribution in [2.24, 2.45) is 0 Å². The summed E-state index contributed by atoms with van der Waals surface area (Å²) in [6, 6.07) is 2.50. The number of carbonyl (C=O) groups excluding carboxylic acids is 1. The van der Waals surface area contributed by atoms with Crippen molar-refractivity contribution in [3.8, 4) is 5.75 Å². The lowest BCUT2D eigenvalue weighted by Crippen LogP contribution is -2.55. The van der Waals surface area contributed by atoms with Gasteiger partial charge < -0.3 is 19.5 Å². The number of aliphatic carboxylic acids is 1. The lowest BCUT2D eigenvalue weighted by Gasteiger charge is -2.34. The molecule has 0 aromatic heterocycles. The smallest absolute Gasteiger partial charge is 0.328 e. The molecule has 1 N–H and O–H groups in total. The van der Waals surface area contributed by atoms with E-state index in [1.807, 2.05) is 0 Å². The van der Waals surface area contributed by atoms with Crippen LogP contribution in [0.4, 0.5) is 4.39 Å². The molecule has 0 saturated carbocycles. The number of morpholine rings is 1. The van der Waals surface area contributed by atoms with Gasteiger partial charge in [0.2, 0.25) is 0 Å². The molecule has 0 aliphatic carbocycles. The predicted molar refractivity (Wildman–Crippen MR) is 75.5 cm³/mol. The number of amides is 1. The Kier molecular flexibility index (Phi) is 5.20. The molecule has 2 rings (SSSR count). The Labute approximate surface area is 131 Å². The van der Waals surface area contributed by atoms with E-state index in [4.69, 9.17) is 26.2 Å². The van der Waals surface area contributed by atoms with Crippen molar-refractivity contribution in [3.05, 3.63) is 29.0 Å². The number of nitrogens with zero attached hydrogens (tertiary/aromatic N) is 1. The van der Waals surface area contributed by atoms with Crippen molar-refractivity contribution in [1.82, 2.24) is 4.90 Å². The number of hydrogen-bond acceptors (Lipinski definition) is 4. The van der Waals surface area contributed by atoms with Crippen molar-refractivity contribution < 1.29 is 28.6 Å². The largest absolute Gasteiger partial charge is 0.480 e. The molecule has 0 unspecified atom stereocenters. The van der Waals surface area contributed by atoms with Gasteiger partial charge in [0.1, 0.15) is 11.6 Å². The fourth-order valence-electron chi connectivity index (χ4n) is 2.12. The molecule has 1 saturated heterocycles. The van der Waals surface area contributed by atoms with Gasteiger partial charge in [-0.2, -0.15) is 0 Å². The van der Waals surface area contributed by atoms with Crippen LogP contribution in [0.2, 0.25) is 5.02 Å². The van der Waals surface area contributed by atoms with E-state index in [9.17, 15) is 14.0 Å². The number of carbonyl (C=O) groups is 2. The van der Waals surface area contributed by atoms with Crippen LogP contribution < -0.4 is 4.74 Å². The summed E-state index contributed by atoms with van der Waals surface area (Å²) in [7, 11) is 0. The third-order valence-corrected chi connectivity index (χ3v) is 3.54. The van der Waals surface area contributed by atoms with Crippen molar-refractivity contribution in [3.63, 3.8) is 0 Å². The maximum atomic E-state index is 13.0. The van der Waals surface area contributed by atoms with Gasteiger partial charge in [-0.1, -0.05) is 11.6 Å². The Morgan fingerprint density at radius 2 is 2.27 bits per heavy atom. The van der Waals surface area contributed by atoms with Gasteiger partial charge in [-0.25, -0.2) is 9.18 Å². The van der Waals surface area contributed by atoms with Gasteiger partial charge >= 0.3 is 5.97 Å². The summed E-state index contributed by atoms with van der Waals surface area (Å²) in [6.45, 7) is 1.85. The summed E-state index contributed by atoms with van der Waals surface area (Å²) in [5.41, 5.74) is 0. The zero-order valence-corrected chi connectivity index (χ0v) is 12.5.